The molecule has 0 spiro atoms. The van der Waals surface area contributed by atoms with Gasteiger partial charge in [-0.05, 0) is 44.9 Å². The van der Waals surface area contributed by atoms with E-state index in [2.05, 4.69) is 43.5 Å². The second-order valence-corrected chi connectivity index (χ2v) is 16.2. The molecule has 0 heterocycles. The van der Waals surface area contributed by atoms with E-state index in [1.807, 2.05) is 0 Å². The van der Waals surface area contributed by atoms with Crippen LogP contribution in [0.5, 0.6) is 0 Å². The number of hydrogen-bond acceptors (Lipinski definition) is 3. The van der Waals surface area contributed by atoms with Gasteiger partial charge in [-0.3, -0.25) is 4.79 Å². The highest BCUT2D eigenvalue weighted by Crippen LogP contribution is 2.17. The first-order valence-electron chi connectivity index (χ1n) is 23.5. The molecule has 0 aromatic heterocycles. The highest BCUT2D eigenvalue weighted by Gasteiger charge is 2.20. The topological polar surface area (TPSA) is 69.6 Å². The number of aliphatic hydroxyl groups excluding tert-OH is 2. The largest absolute Gasteiger partial charge is 0.394 e. The molecule has 0 aliphatic heterocycles. The summed E-state index contributed by atoms with van der Waals surface area (Å²) in [6.45, 7) is 4.36. The Balaban J connectivity index is 3.49. The summed E-state index contributed by atoms with van der Waals surface area (Å²) in [5, 5.41) is 23.2. The maximum Gasteiger partial charge on any atom is 0.220 e. The fourth-order valence-corrected chi connectivity index (χ4v) is 7.33. The average molecular weight is 732 g/mol. The summed E-state index contributed by atoms with van der Waals surface area (Å²) in [6.07, 6.45) is 56.9. The number of hydrogen-bond donors (Lipinski definition) is 3. The molecule has 0 aromatic carbocycles. The highest BCUT2D eigenvalue weighted by molar-refractivity contribution is 5.76. The Morgan fingerprint density at radius 2 is 0.788 bits per heavy atom. The van der Waals surface area contributed by atoms with Gasteiger partial charge in [-0.25, -0.2) is 0 Å². The average Bonchev–Trinajstić information content (AvgIpc) is 3.15. The molecule has 1 amide bonds. The summed E-state index contributed by atoms with van der Waals surface area (Å²) < 4.78 is 0. The lowest BCUT2D eigenvalue weighted by Gasteiger charge is -2.22. The van der Waals surface area contributed by atoms with Crippen molar-refractivity contribution in [3.8, 4) is 0 Å². The maximum atomic E-state index is 12.4. The van der Waals surface area contributed by atoms with Gasteiger partial charge < -0.3 is 15.5 Å². The van der Waals surface area contributed by atoms with Crippen LogP contribution in [0.25, 0.3) is 0 Å². The third kappa shape index (κ3) is 40.1. The van der Waals surface area contributed by atoms with Crippen LogP contribution in [0.2, 0.25) is 0 Å². The Morgan fingerprint density at radius 1 is 0.462 bits per heavy atom. The molecule has 2 atom stereocenters. The Hall–Kier alpha value is -1.13. The van der Waals surface area contributed by atoms with Crippen LogP contribution >= 0.6 is 0 Å². The predicted molar refractivity (Wildman–Crippen MR) is 230 cm³/mol. The second-order valence-electron chi connectivity index (χ2n) is 16.2. The van der Waals surface area contributed by atoms with Gasteiger partial charge in [0.25, 0.3) is 0 Å². The number of aliphatic hydroxyl groups is 2. The quantitative estimate of drug-likeness (QED) is 0.0432. The molecular formula is C48H93NO3. The van der Waals surface area contributed by atoms with Gasteiger partial charge in [0.05, 0.1) is 18.8 Å². The minimum Gasteiger partial charge on any atom is -0.394 e. The normalized spacial score (nSPS) is 13.1. The Labute approximate surface area is 326 Å². The Morgan fingerprint density at radius 3 is 1.17 bits per heavy atom. The predicted octanol–water partition coefficient (Wildman–Crippen LogP) is 14.8. The third-order valence-corrected chi connectivity index (χ3v) is 11.0. The van der Waals surface area contributed by atoms with Crippen molar-refractivity contribution in [2.75, 3.05) is 6.61 Å². The molecule has 0 bridgehead atoms. The molecule has 0 aliphatic rings. The van der Waals surface area contributed by atoms with E-state index in [4.69, 9.17) is 0 Å². The first kappa shape index (κ1) is 50.9. The number of amides is 1. The molecule has 308 valence electrons. The van der Waals surface area contributed by atoms with E-state index in [9.17, 15) is 15.0 Å². The van der Waals surface area contributed by atoms with Crippen LogP contribution in [-0.2, 0) is 4.79 Å². The fraction of sp³-hybridized carbons (Fsp3) is 0.896. The van der Waals surface area contributed by atoms with E-state index < -0.39 is 12.1 Å². The van der Waals surface area contributed by atoms with Crippen LogP contribution < -0.4 is 5.32 Å². The van der Waals surface area contributed by atoms with Crippen molar-refractivity contribution in [1.82, 2.24) is 5.32 Å². The molecule has 4 nitrogen and oxygen atoms in total. The fourth-order valence-electron chi connectivity index (χ4n) is 7.33. The van der Waals surface area contributed by atoms with Gasteiger partial charge in [0.2, 0.25) is 5.91 Å². The van der Waals surface area contributed by atoms with Crippen molar-refractivity contribution in [2.24, 2.45) is 0 Å². The summed E-state index contributed by atoms with van der Waals surface area (Å²) in [5.74, 6) is -0.0368. The van der Waals surface area contributed by atoms with E-state index in [0.29, 0.717) is 12.8 Å². The Bertz CT molecular complexity index is 750. The van der Waals surface area contributed by atoms with Crippen molar-refractivity contribution in [1.29, 1.82) is 0 Å². The molecule has 3 N–H and O–H groups in total. The molecule has 0 saturated carbocycles. The van der Waals surface area contributed by atoms with E-state index >= 15 is 0 Å². The molecule has 0 saturated heterocycles. The maximum absolute atomic E-state index is 12.4. The zero-order chi connectivity index (χ0) is 37.8. The minimum absolute atomic E-state index is 0.0368. The van der Waals surface area contributed by atoms with Gasteiger partial charge in [0.15, 0.2) is 0 Å². The number of rotatable bonds is 43. The molecule has 0 aliphatic carbocycles. The van der Waals surface area contributed by atoms with E-state index in [1.165, 1.54) is 199 Å². The number of nitrogens with one attached hydrogen (secondary N) is 1. The molecule has 52 heavy (non-hydrogen) atoms. The lowest BCUT2D eigenvalue weighted by Crippen LogP contribution is -2.45. The zero-order valence-electron chi connectivity index (χ0n) is 35.3. The summed E-state index contributed by atoms with van der Waals surface area (Å²) in [5.41, 5.74) is 0. The van der Waals surface area contributed by atoms with Crippen molar-refractivity contribution in [3.05, 3.63) is 24.3 Å². The number of carbonyl (C=O) groups excluding carboxylic acids is 1. The van der Waals surface area contributed by atoms with Crippen LogP contribution in [0.1, 0.15) is 258 Å². The van der Waals surface area contributed by atoms with Crippen molar-refractivity contribution in [2.45, 2.75) is 270 Å². The molecule has 4 heteroatoms. The molecule has 0 rings (SSSR count). The van der Waals surface area contributed by atoms with Gasteiger partial charge in [-0.1, -0.05) is 231 Å². The van der Waals surface area contributed by atoms with Gasteiger partial charge in [0.1, 0.15) is 0 Å². The van der Waals surface area contributed by atoms with E-state index in [-0.39, 0.29) is 12.5 Å². The van der Waals surface area contributed by atoms with Crippen LogP contribution in [0, 0.1) is 0 Å². The smallest absolute Gasteiger partial charge is 0.220 e. The summed E-state index contributed by atoms with van der Waals surface area (Å²) in [6, 6.07) is -0.539. The van der Waals surface area contributed by atoms with Gasteiger partial charge >= 0.3 is 0 Å². The lowest BCUT2D eigenvalue weighted by atomic mass is 10.0. The first-order chi connectivity index (χ1) is 25.7. The van der Waals surface area contributed by atoms with Crippen LogP contribution in [0.3, 0.4) is 0 Å². The monoisotopic (exact) mass is 732 g/mol. The standard InChI is InChI=1S/C48H93NO3/c1-3-5-7-9-11-13-15-17-19-21-23-24-25-26-27-29-31-33-35-37-39-41-43-47(51)46(45-50)49-48(52)44-42-40-38-36-34-32-30-28-22-20-18-16-14-12-10-8-6-4-2/h14,16,20,22,46-47,50-51H,3-13,15,17-19,21,23-45H2,1-2H3,(H,49,52)/b16-14-,22-20-. The first-order valence-corrected chi connectivity index (χ1v) is 23.5. The number of unbranched alkanes of at least 4 members (excludes halogenated alkanes) is 32. The summed E-state index contributed by atoms with van der Waals surface area (Å²) >= 11 is 0. The van der Waals surface area contributed by atoms with Crippen LogP contribution in [0.15, 0.2) is 24.3 Å². The van der Waals surface area contributed by atoms with Gasteiger partial charge in [-0.2, -0.15) is 0 Å². The van der Waals surface area contributed by atoms with E-state index in [1.54, 1.807) is 0 Å². The zero-order valence-corrected chi connectivity index (χ0v) is 35.3. The van der Waals surface area contributed by atoms with Crippen molar-refractivity contribution in [3.63, 3.8) is 0 Å². The van der Waals surface area contributed by atoms with E-state index in [0.717, 1.165) is 32.1 Å². The molecule has 0 aromatic rings. The third-order valence-electron chi connectivity index (χ3n) is 11.0. The van der Waals surface area contributed by atoms with Crippen LogP contribution in [-0.4, -0.2) is 34.9 Å². The summed E-state index contributed by atoms with van der Waals surface area (Å²) in [4.78, 5) is 12.4. The SMILES string of the molecule is CCCCCC/C=C\C/C=C\CCCCCCCCCC(=O)NC(CO)C(O)CCCCCCCCCCCCCCCCCCCCCCCC. The van der Waals surface area contributed by atoms with Gasteiger partial charge in [0, 0.05) is 6.42 Å². The number of allylic oxidation sites excluding steroid dienone is 4. The highest BCUT2D eigenvalue weighted by atomic mass is 16.3. The van der Waals surface area contributed by atoms with Crippen LogP contribution in [0.4, 0.5) is 0 Å². The molecular weight excluding hydrogens is 639 g/mol. The van der Waals surface area contributed by atoms with Crippen molar-refractivity contribution < 1.29 is 15.0 Å². The second kappa shape index (κ2) is 44.3. The molecule has 0 radical (unpaired) electrons. The molecule has 2 unspecified atom stereocenters. The van der Waals surface area contributed by atoms with Crippen molar-refractivity contribution >= 4 is 5.91 Å². The summed E-state index contributed by atoms with van der Waals surface area (Å²) in [7, 11) is 0. The van der Waals surface area contributed by atoms with Gasteiger partial charge in [-0.15, -0.1) is 0 Å². The number of carbonyl (C=O) groups is 1. The minimum atomic E-state index is -0.661. The molecule has 0 fully saturated rings. The lowest BCUT2D eigenvalue weighted by molar-refractivity contribution is -0.123. The Kier molecular flexibility index (Phi) is 43.3.